The first-order valence-electron chi connectivity index (χ1n) is 5.14. The number of carbonyl (C=O) groups excluding carboxylic acids is 2. The Morgan fingerprint density at radius 2 is 1.87 bits per heavy atom. The van der Waals surface area contributed by atoms with Crippen molar-refractivity contribution in [1.29, 1.82) is 0 Å². The van der Waals surface area contributed by atoms with Crippen molar-refractivity contribution >= 4 is 11.9 Å². The van der Waals surface area contributed by atoms with Crippen LogP contribution < -0.4 is 5.32 Å². The molecule has 0 aromatic carbocycles. The molecule has 0 fully saturated rings. The third-order valence-corrected chi connectivity index (χ3v) is 1.67. The van der Waals surface area contributed by atoms with Crippen molar-refractivity contribution in [2.75, 3.05) is 26.9 Å². The van der Waals surface area contributed by atoms with Crippen LogP contribution in [0.2, 0.25) is 0 Å². The lowest BCUT2D eigenvalue weighted by Crippen LogP contribution is -2.19. The van der Waals surface area contributed by atoms with Crippen molar-refractivity contribution in [2.45, 2.75) is 26.2 Å². The maximum atomic E-state index is 11.0. The lowest BCUT2D eigenvalue weighted by atomic mass is 10.3. The molecule has 0 spiro atoms. The van der Waals surface area contributed by atoms with E-state index >= 15 is 0 Å². The largest absolute Gasteiger partial charge is 0.463 e. The third kappa shape index (κ3) is 9.21. The second-order valence-corrected chi connectivity index (χ2v) is 3.01. The van der Waals surface area contributed by atoms with Crippen molar-refractivity contribution in [3.63, 3.8) is 0 Å². The Hall–Kier alpha value is -1.10. The molecule has 1 N–H and O–H groups in total. The first kappa shape index (κ1) is 13.9. The van der Waals surface area contributed by atoms with E-state index in [0.717, 1.165) is 6.42 Å². The summed E-state index contributed by atoms with van der Waals surface area (Å²) in [5, 5.41) is 2.43. The minimum absolute atomic E-state index is 0.119. The summed E-state index contributed by atoms with van der Waals surface area (Å²) in [5.74, 6) is -0.520. The molecule has 0 saturated heterocycles. The molecule has 1 amide bonds. The molecule has 0 unspecified atom stereocenters. The molecule has 0 aliphatic heterocycles. The molecule has 0 aliphatic rings. The first-order valence-corrected chi connectivity index (χ1v) is 5.14. The molecule has 0 rings (SSSR count). The smallest absolute Gasteiger partial charge is 0.306 e. The fourth-order valence-corrected chi connectivity index (χ4v) is 0.874. The Morgan fingerprint density at radius 3 is 2.47 bits per heavy atom. The number of amides is 1. The minimum atomic E-state index is -0.362. The molecule has 5 heteroatoms. The van der Waals surface area contributed by atoms with Gasteiger partial charge in [-0.15, -0.1) is 0 Å². The number of ether oxygens (including phenoxy) is 2. The molecule has 0 saturated carbocycles. The number of rotatable bonds is 8. The van der Waals surface area contributed by atoms with Gasteiger partial charge < -0.3 is 14.8 Å². The van der Waals surface area contributed by atoms with E-state index < -0.39 is 0 Å². The van der Waals surface area contributed by atoms with Gasteiger partial charge in [0, 0.05) is 20.1 Å². The van der Waals surface area contributed by atoms with E-state index in [-0.39, 0.29) is 31.3 Å². The zero-order valence-corrected chi connectivity index (χ0v) is 9.38. The molecule has 0 aliphatic carbocycles. The second kappa shape index (κ2) is 9.45. The predicted octanol–water partition coefficient (Wildman–Crippen LogP) is 0.482. The van der Waals surface area contributed by atoms with Crippen molar-refractivity contribution in [1.82, 2.24) is 5.32 Å². The van der Waals surface area contributed by atoms with E-state index in [4.69, 9.17) is 9.47 Å². The van der Waals surface area contributed by atoms with Gasteiger partial charge in [0.25, 0.3) is 0 Å². The van der Waals surface area contributed by atoms with Crippen LogP contribution in [0.15, 0.2) is 0 Å². The van der Waals surface area contributed by atoms with Gasteiger partial charge in [-0.1, -0.05) is 6.92 Å². The van der Waals surface area contributed by atoms with Crippen LogP contribution in [0.4, 0.5) is 0 Å². The van der Waals surface area contributed by atoms with Gasteiger partial charge in [0.05, 0.1) is 13.0 Å². The topological polar surface area (TPSA) is 64.6 Å². The Morgan fingerprint density at radius 1 is 1.13 bits per heavy atom. The van der Waals surface area contributed by atoms with Gasteiger partial charge in [-0.05, 0) is 6.42 Å². The van der Waals surface area contributed by atoms with Crippen LogP contribution >= 0.6 is 0 Å². The van der Waals surface area contributed by atoms with Gasteiger partial charge in [-0.3, -0.25) is 9.59 Å². The van der Waals surface area contributed by atoms with E-state index in [9.17, 15) is 9.59 Å². The Balaban J connectivity index is 3.30. The number of hydrogen-bond donors (Lipinski definition) is 1. The highest BCUT2D eigenvalue weighted by Gasteiger charge is 2.05. The number of esters is 1. The normalized spacial score (nSPS) is 9.73. The van der Waals surface area contributed by atoms with E-state index in [1.54, 1.807) is 0 Å². The van der Waals surface area contributed by atoms with E-state index in [1.165, 1.54) is 7.05 Å². The van der Waals surface area contributed by atoms with Gasteiger partial charge in [-0.25, -0.2) is 0 Å². The van der Waals surface area contributed by atoms with Crippen LogP contribution in [0, 0.1) is 0 Å². The van der Waals surface area contributed by atoms with Gasteiger partial charge in [-0.2, -0.15) is 0 Å². The van der Waals surface area contributed by atoms with Crippen molar-refractivity contribution < 1.29 is 19.1 Å². The first-order chi connectivity index (χ1) is 7.20. The summed E-state index contributed by atoms with van der Waals surface area (Å²) < 4.78 is 9.96. The number of carbonyl (C=O) groups is 2. The molecule has 0 radical (unpaired) electrons. The standard InChI is InChI=1S/C10H19NO4/c1-3-6-14-7-8-15-10(13)5-4-9(12)11-2/h3-8H2,1-2H3,(H,11,12). The van der Waals surface area contributed by atoms with Crippen molar-refractivity contribution in [3.05, 3.63) is 0 Å². The van der Waals surface area contributed by atoms with Crippen LogP contribution in [-0.2, 0) is 19.1 Å². The number of nitrogens with one attached hydrogen (secondary N) is 1. The summed E-state index contributed by atoms with van der Waals surface area (Å²) in [7, 11) is 1.53. The molecule has 88 valence electrons. The predicted molar refractivity (Wildman–Crippen MR) is 55.4 cm³/mol. The van der Waals surface area contributed by atoms with Gasteiger partial charge in [0.2, 0.25) is 5.91 Å². The van der Waals surface area contributed by atoms with E-state index in [0.29, 0.717) is 13.2 Å². The Kier molecular flexibility index (Phi) is 8.76. The third-order valence-electron chi connectivity index (χ3n) is 1.67. The summed E-state index contributed by atoms with van der Waals surface area (Å²) >= 11 is 0. The Labute approximate surface area is 90.1 Å². The van der Waals surface area contributed by atoms with Crippen LogP contribution in [0.5, 0.6) is 0 Å². The lowest BCUT2D eigenvalue weighted by molar-refractivity contribution is -0.146. The number of hydrogen-bond acceptors (Lipinski definition) is 4. The molecule has 0 bridgehead atoms. The highest BCUT2D eigenvalue weighted by molar-refractivity contribution is 5.80. The highest BCUT2D eigenvalue weighted by Crippen LogP contribution is 1.93. The second-order valence-electron chi connectivity index (χ2n) is 3.01. The van der Waals surface area contributed by atoms with Crippen molar-refractivity contribution in [2.24, 2.45) is 0 Å². The fraction of sp³-hybridized carbons (Fsp3) is 0.800. The Bertz CT molecular complexity index is 194. The average molecular weight is 217 g/mol. The molecule has 15 heavy (non-hydrogen) atoms. The van der Waals surface area contributed by atoms with Crippen LogP contribution in [0.1, 0.15) is 26.2 Å². The zero-order chi connectivity index (χ0) is 11.5. The quantitative estimate of drug-likeness (QED) is 0.474. The maximum Gasteiger partial charge on any atom is 0.306 e. The molecular formula is C10H19NO4. The molecule has 0 heterocycles. The van der Waals surface area contributed by atoms with Crippen LogP contribution in [0.25, 0.3) is 0 Å². The molecular weight excluding hydrogens is 198 g/mol. The van der Waals surface area contributed by atoms with Crippen molar-refractivity contribution in [3.8, 4) is 0 Å². The lowest BCUT2D eigenvalue weighted by Gasteiger charge is -2.04. The highest BCUT2D eigenvalue weighted by atomic mass is 16.6. The van der Waals surface area contributed by atoms with E-state index in [1.807, 2.05) is 6.92 Å². The molecule has 0 atom stereocenters. The van der Waals surface area contributed by atoms with Gasteiger partial charge in [0.15, 0.2) is 0 Å². The molecule has 5 nitrogen and oxygen atoms in total. The van der Waals surface area contributed by atoms with Gasteiger partial charge >= 0.3 is 5.97 Å². The molecule has 0 aromatic rings. The SMILES string of the molecule is CCCOCCOC(=O)CCC(=O)NC. The summed E-state index contributed by atoms with van der Waals surface area (Å²) in [6.45, 7) is 3.36. The monoisotopic (exact) mass is 217 g/mol. The maximum absolute atomic E-state index is 11.0. The van der Waals surface area contributed by atoms with Gasteiger partial charge in [0.1, 0.15) is 6.61 Å². The molecule has 0 aromatic heterocycles. The minimum Gasteiger partial charge on any atom is -0.463 e. The fourth-order valence-electron chi connectivity index (χ4n) is 0.874. The summed E-state index contributed by atoms with van der Waals surface area (Å²) in [6.07, 6.45) is 1.24. The van der Waals surface area contributed by atoms with E-state index in [2.05, 4.69) is 5.32 Å². The summed E-state index contributed by atoms with van der Waals surface area (Å²) in [5.41, 5.74) is 0. The average Bonchev–Trinajstić information content (AvgIpc) is 2.25. The zero-order valence-electron chi connectivity index (χ0n) is 9.38. The van der Waals surface area contributed by atoms with Crippen LogP contribution in [-0.4, -0.2) is 38.7 Å². The summed E-state index contributed by atoms with van der Waals surface area (Å²) in [4.78, 5) is 21.8. The summed E-state index contributed by atoms with van der Waals surface area (Å²) in [6, 6.07) is 0. The van der Waals surface area contributed by atoms with Crippen LogP contribution in [0.3, 0.4) is 0 Å².